The number of carboxylic acid groups (broad SMARTS) is 1. The fourth-order valence-electron chi connectivity index (χ4n) is 5.22. The fourth-order valence-corrected chi connectivity index (χ4v) is 5.22. The lowest BCUT2D eigenvalue weighted by molar-refractivity contribution is -0.139. The van der Waals surface area contributed by atoms with Crippen molar-refractivity contribution in [2.24, 2.45) is 5.41 Å². The van der Waals surface area contributed by atoms with Gasteiger partial charge < -0.3 is 15.3 Å². The van der Waals surface area contributed by atoms with E-state index in [1.807, 2.05) is 24.3 Å². The molecular weight excluding hydrogens is 419 g/mol. The Hall–Kier alpha value is -3.02. The van der Waals surface area contributed by atoms with Gasteiger partial charge in [-0.1, -0.05) is 67.5 Å². The maximum atomic E-state index is 13.6. The Morgan fingerprint density at radius 2 is 1.67 bits per heavy atom. The second kappa shape index (κ2) is 9.86. The molecule has 0 radical (unpaired) electrons. The van der Waals surface area contributed by atoms with Gasteiger partial charge >= 0.3 is 5.97 Å². The summed E-state index contributed by atoms with van der Waals surface area (Å²) in [6, 6.07) is 16.7. The van der Waals surface area contributed by atoms with Gasteiger partial charge in [-0.15, -0.1) is 0 Å². The maximum Gasteiger partial charge on any atom is 0.305 e. The lowest BCUT2D eigenvalue weighted by Gasteiger charge is -2.31. The lowest BCUT2D eigenvalue weighted by Crippen LogP contribution is -2.20. The van der Waals surface area contributed by atoms with Gasteiger partial charge in [-0.3, -0.25) is 4.79 Å². The van der Waals surface area contributed by atoms with Crippen LogP contribution in [0.2, 0.25) is 0 Å². The van der Waals surface area contributed by atoms with Gasteiger partial charge in [0.05, 0.1) is 18.6 Å². The number of aliphatic carboxylic acids is 1. The number of aliphatic hydroxyl groups is 2. The first-order valence-corrected chi connectivity index (χ1v) is 11.4. The van der Waals surface area contributed by atoms with Crippen LogP contribution in [0.3, 0.4) is 0 Å². The zero-order chi connectivity index (χ0) is 23.4. The molecule has 2 aromatic rings. The highest BCUT2D eigenvalue weighted by atomic mass is 19.1. The highest BCUT2D eigenvalue weighted by molar-refractivity contribution is 5.96. The van der Waals surface area contributed by atoms with Crippen molar-refractivity contribution in [2.45, 2.75) is 50.7 Å². The van der Waals surface area contributed by atoms with Gasteiger partial charge in [0.1, 0.15) is 5.82 Å². The number of aliphatic hydroxyl groups excluding tert-OH is 2. The molecule has 0 amide bonds. The van der Waals surface area contributed by atoms with Crippen molar-refractivity contribution in [1.82, 2.24) is 0 Å². The van der Waals surface area contributed by atoms with Gasteiger partial charge in [0.2, 0.25) is 0 Å². The van der Waals surface area contributed by atoms with Crippen LogP contribution in [-0.4, -0.2) is 33.5 Å². The van der Waals surface area contributed by atoms with Crippen LogP contribution < -0.4 is 0 Å². The molecule has 2 aliphatic carbocycles. The van der Waals surface area contributed by atoms with Crippen molar-refractivity contribution in [2.75, 3.05) is 0 Å². The third-order valence-electron chi connectivity index (χ3n) is 6.72. The molecule has 1 saturated carbocycles. The molecule has 0 heterocycles. The second-order valence-corrected chi connectivity index (χ2v) is 8.96. The number of hydrogen-bond donors (Lipinski definition) is 3. The Balaban J connectivity index is 1.74. The Bertz CT molecular complexity index is 1080. The summed E-state index contributed by atoms with van der Waals surface area (Å²) in [4.78, 5) is 10.8. The third-order valence-corrected chi connectivity index (χ3v) is 6.72. The predicted octanol–water partition coefficient (Wildman–Crippen LogP) is 5.38. The van der Waals surface area contributed by atoms with Gasteiger partial charge in [0.25, 0.3) is 0 Å². The molecule has 2 aromatic carbocycles. The number of carbonyl (C=O) groups is 1. The van der Waals surface area contributed by atoms with Crippen molar-refractivity contribution in [3.8, 4) is 0 Å². The molecule has 4 nitrogen and oxygen atoms in total. The van der Waals surface area contributed by atoms with E-state index in [1.54, 1.807) is 18.2 Å². The molecular formula is C28H29FO4. The first-order valence-electron chi connectivity index (χ1n) is 11.4. The summed E-state index contributed by atoms with van der Waals surface area (Å²) in [5.41, 5.74) is 5.19. The zero-order valence-corrected chi connectivity index (χ0v) is 18.5. The highest BCUT2D eigenvalue weighted by Gasteiger charge is 2.45. The minimum atomic E-state index is -1.12. The average Bonchev–Trinajstić information content (AvgIpc) is 3.39. The lowest BCUT2D eigenvalue weighted by atomic mass is 9.72. The molecule has 5 heteroatoms. The number of allylic oxidation sites excluding steroid dienone is 5. The van der Waals surface area contributed by atoms with Crippen LogP contribution in [0.5, 0.6) is 0 Å². The van der Waals surface area contributed by atoms with Crippen molar-refractivity contribution < 1.29 is 24.5 Å². The van der Waals surface area contributed by atoms with Crippen LogP contribution in [-0.2, 0) is 4.79 Å². The normalized spacial score (nSPS) is 19.3. The van der Waals surface area contributed by atoms with Crippen LogP contribution >= 0.6 is 0 Å². The Labute approximate surface area is 193 Å². The van der Waals surface area contributed by atoms with Crippen LogP contribution in [0.15, 0.2) is 78.4 Å². The number of rotatable bonds is 8. The zero-order valence-electron chi connectivity index (χ0n) is 18.5. The minimum Gasteiger partial charge on any atom is -0.481 e. The molecule has 0 bridgehead atoms. The molecule has 0 aliphatic heterocycles. The Kier molecular flexibility index (Phi) is 6.91. The van der Waals surface area contributed by atoms with Gasteiger partial charge in [-0.05, 0) is 58.9 Å². The van der Waals surface area contributed by atoms with Gasteiger partial charge in [0, 0.05) is 11.8 Å². The monoisotopic (exact) mass is 448 g/mol. The van der Waals surface area contributed by atoms with E-state index in [1.165, 1.54) is 17.7 Å². The second-order valence-electron chi connectivity index (χ2n) is 8.96. The first kappa shape index (κ1) is 23.1. The molecule has 172 valence electrons. The molecule has 3 N–H and O–H groups in total. The van der Waals surface area contributed by atoms with E-state index in [9.17, 15) is 19.4 Å². The van der Waals surface area contributed by atoms with Gasteiger partial charge in [-0.25, -0.2) is 4.39 Å². The van der Waals surface area contributed by atoms with E-state index >= 15 is 0 Å². The molecule has 2 atom stereocenters. The van der Waals surface area contributed by atoms with Crippen molar-refractivity contribution in [3.05, 3.63) is 95.3 Å². The quantitative estimate of drug-likeness (QED) is 0.507. The predicted molar refractivity (Wildman–Crippen MR) is 127 cm³/mol. The molecule has 0 unspecified atom stereocenters. The van der Waals surface area contributed by atoms with Crippen molar-refractivity contribution in [1.29, 1.82) is 0 Å². The van der Waals surface area contributed by atoms with Crippen LogP contribution in [0, 0.1) is 11.2 Å². The standard InChI is InChI=1S/C28H29FO4/c29-21-10-8-19(9-11-21)24-18-26(20-6-2-1-3-7-20)28(14-4-5-15-28)25(24)13-12-22(30)16-23(31)17-27(32)33/h1-3,6-13,18,22-23,30-31H,4-5,14-17H2,(H,32,33)/b13-12+/t22-,23-/m1/s1. The molecule has 0 aromatic heterocycles. The summed E-state index contributed by atoms with van der Waals surface area (Å²) in [5, 5.41) is 29.2. The number of hydrogen-bond acceptors (Lipinski definition) is 3. The Morgan fingerprint density at radius 1 is 1.00 bits per heavy atom. The number of carboxylic acids is 1. The Morgan fingerprint density at radius 3 is 2.30 bits per heavy atom. The largest absolute Gasteiger partial charge is 0.481 e. The number of benzene rings is 2. The van der Waals surface area contributed by atoms with Gasteiger partial charge in [0.15, 0.2) is 0 Å². The minimum absolute atomic E-state index is 0.0477. The topological polar surface area (TPSA) is 77.8 Å². The third kappa shape index (κ3) is 5.00. The summed E-state index contributed by atoms with van der Waals surface area (Å²) in [5.74, 6) is -1.39. The van der Waals surface area contributed by atoms with Gasteiger partial charge in [-0.2, -0.15) is 0 Å². The van der Waals surface area contributed by atoms with E-state index in [0.717, 1.165) is 48.0 Å². The van der Waals surface area contributed by atoms with E-state index in [0.29, 0.717) is 0 Å². The molecule has 33 heavy (non-hydrogen) atoms. The molecule has 0 saturated heterocycles. The first-order chi connectivity index (χ1) is 15.9. The number of halogens is 1. The van der Waals surface area contributed by atoms with Crippen LogP contribution in [0.1, 0.15) is 49.7 Å². The van der Waals surface area contributed by atoms with E-state index in [-0.39, 0.29) is 17.7 Å². The van der Waals surface area contributed by atoms with Crippen molar-refractivity contribution >= 4 is 17.1 Å². The van der Waals surface area contributed by atoms with E-state index < -0.39 is 24.6 Å². The highest BCUT2D eigenvalue weighted by Crippen LogP contribution is 2.59. The molecule has 4 rings (SSSR count). The fraction of sp³-hybridized carbons (Fsp3) is 0.321. The molecule has 1 fully saturated rings. The smallest absolute Gasteiger partial charge is 0.305 e. The van der Waals surface area contributed by atoms with Crippen LogP contribution in [0.4, 0.5) is 4.39 Å². The summed E-state index contributed by atoms with van der Waals surface area (Å²) < 4.78 is 13.6. The summed E-state index contributed by atoms with van der Waals surface area (Å²) in [7, 11) is 0. The summed E-state index contributed by atoms with van der Waals surface area (Å²) >= 11 is 0. The summed E-state index contributed by atoms with van der Waals surface area (Å²) in [6.07, 6.45) is 7.38. The molecule has 1 spiro atoms. The van der Waals surface area contributed by atoms with Crippen LogP contribution in [0.25, 0.3) is 11.1 Å². The van der Waals surface area contributed by atoms with E-state index in [2.05, 4.69) is 18.2 Å². The van der Waals surface area contributed by atoms with Crippen molar-refractivity contribution in [3.63, 3.8) is 0 Å². The molecule has 2 aliphatic rings. The average molecular weight is 449 g/mol. The van der Waals surface area contributed by atoms with E-state index in [4.69, 9.17) is 5.11 Å². The maximum absolute atomic E-state index is 13.6. The SMILES string of the molecule is O=C(O)C[C@H](O)C[C@H](O)/C=C/C1=C(c2ccc(F)cc2)C=C(c2ccccc2)C12CCCC2. The summed E-state index contributed by atoms with van der Waals surface area (Å²) in [6.45, 7) is 0.